The fraction of sp³-hybridized carbons (Fsp3) is 0.462. The molecule has 0 radical (unpaired) electrons. The number of benzene rings is 1. The number of carbonyl (C=O) groups is 1. The number of amides is 1. The van der Waals surface area contributed by atoms with E-state index in [-0.39, 0.29) is 11.9 Å². The fourth-order valence-corrected chi connectivity index (χ4v) is 2.21. The Bertz CT molecular complexity index is 391. The molecule has 1 fully saturated rings. The third kappa shape index (κ3) is 3.20. The number of halogens is 1. The van der Waals surface area contributed by atoms with Gasteiger partial charge in [-0.3, -0.25) is 4.79 Å². The predicted octanol–water partition coefficient (Wildman–Crippen LogP) is 1.95. The van der Waals surface area contributed by atoms with E-state index in [1.165, 1.54) is 0 Å². The zero-order chi connectivity index (χ0) is 12.3. The summed E-state index contributed by atoms with van der Waals surface area (Å²) in [4.78, 5) is 11.7. The molecule has 4 heteroatoms. The molecule has 17 heavy (non-hydrogen) atoms. The summed E-state index contributed by atoms with van der Waals surface area (Å²) in [5.74, 6) is 0.494. The first kappa shape index (κ1) is 12.4. The second-order valence-electron chi connectivity index (χ2n) is 4.54. The van der Waals surface area contributed by atoms with E-state index < -0.39 is 0 Å². The van der Waals surface area contributed by atoms with Gasteiger partial charge in [-0.25, -0.2) is 0 Å². The van der Waals surface area contributed by atoms with Gasteiger partial charge in [-0.1, -0.05) is 30.7 Å². The van der Waals surface area contributed by atoms with E-state index in [1.807, 2.05) is 24.3 Å². The minimum atomic E-state index is -0.0839. The summed E-state index contributed by atoms with van der Waals surface area (Å²) < 4.78 is 0. The largest absolute Gasteiger partial charge is 0.355 e. The van der Waals surface area contributed by atoms with Crippen LogP contribution in [0.1, 0.15) is 18.9 Å². The van der Waals surface area contributed by atoms with Crippen molar-refractivity contribution in [3.63, 3.8) is 0 Å². The highest BCUT2D eigenvalue weighted by Crippen LogP contribution is 2.14. The lowest BCUT2D eigenvalue weighted by Crippen LogP contribution is -2.52. The molecule has 0 spiro atoms. The molecule has 1 aliphatic heterocycles. The third-order valence-electron chi connectivity index (χ3n) is 3.19. The summed E-state index contributed by atoms with van der Waals surface area (Å²) in [6.07, 6.45) is 1.03. The highest BCUT2D eigenvalue weighted by atomic mass is 35.5. The van der Waals surface area contributed by atoms with E-state index in [2.05, 4.69) is 17.6 Å². The first-order valence-corrected chi connectivity index (χ1v) is 6.30. The molecule has 3 nitrogen and oxygen atoms in total. The van der Waals surface area contributed by atoms with Gasteiger partial charge in [0.25, 0.3) is 0 Å². The highest BCUT2D eigenvalue weighted by Gasteiger charge is 2.27. The number of carbonyl (C=O) groups excluding carboxylic acids is 1. The quantitative estimate of drug-likeness (QED) is 0.864. The summed E-state index contributed by atoms with van der Waals surface area (Å²) in [5, 5.41) is 6.92. The summed E-state index contributed by atoms with van der Waals surface area (Å²) in [6.45, 7) is 3.59. The summed E-state index contributed by atoms with van der Waals surface area (Å²) >= 11 is 5.82. The van der Waals surface area contributed by atoms with Crippen molar-refractivity contribution in [3.8, 4) is 0 Å². The van der Waals surface area contributed by atoms with Crippen molar-refractivity contribution in [3.05, 3.63) is 34.9 Å². The lowest BCUT2D eigenvalue weighted by atomic mass is 9.94. The second-order valence-corrected chi connectivity index (χ2v) is 4.98. The van der Waals surface area contributed by atoms with Crippen LogP contribution in [0.3, 0.4) is 0 Å². The van der Waals surface area contributed by atoms with Gasteiger partial charge in [-0.2, -0.15) is 0 Å². The molecule has 1 amide bonds. The lowest BCUT2D eigenvalue weighted by Gasteiger charge is -2.29. The van der Waals surface area contributed by atoms with Crippen molar-refractivity contribution < 1.29 is 4.79 Å². The Labute approximate surface area is 107 Å². The number of nitrogens with one attached hydrogen (secondary N) is 2. The average Bonchev–Trinajstić information content (AvgIpc) is 2.31. The zero-order valence-corrected chi connectivity index (χ0v) is 10.6. The van der Waals surface area contributed by atoms with Crippen LogP contribution < -0.4 is 10.6 Å². The molecule has 92 valence electrons. The monoisotopic (exact) mass is 252 g/mol. The Kier molecular flexibility index (Phi) is 4.02. The molecule has 0 unspecified atom stereocenters. The highest BCUT2D eigenvalue weighted by molar-refractivity contribution is 6.30. The summed E-state index contributed by atoms with van der Waals surface area (Å²) in [5.41, 5.74) is 1.14. The van der Waals surface area contributed by atoms with Crippen molar-refractivity contribution in [2.45, 2.75) is 25.9 Å². The standard InChI is InChI=1S/C13H17ClN2O/c1-9-6-7-15-13(17)12(9)16-8-10-2-4-11(14)5-3-10/h2-5,9,12,16H,6-8H2,1H3,(H,15,17)/t9-,12-/m1/s1. The van der Waals surface area contributed by atoms with Gasteiger partial charge < -0.3 is 10.6 Å². The SMILES string of the molecule is C[C@@H]1CCNC(=O)[C@@H]1NCc1ccc(Cl)cc1. The first-order valence-electron chi connectivity index (χ1n) is 5.92. The second kappa shape index (κ2) is 5.52. The molecule has 0 saturated carbocycles. The van der Waals surface area contributed by atoms with Crippen LogP contribution in [0, 0.1) is 5.92 Å². The van der Waals surface area contributed by atoms with Gasteiger partial charge in [0.15, 0.2) is 0 Å². The van der Waals surface area contributed by atoms with E-state index >= 15 is 0 Å². The minimum Gasteiger partial charge on any atom is -0.355 e. The average molecular weight is 253 g/mol. The molecular formula is C13H17ClN2O. The molecular weight excluding hydrogens is 236 g/mol. The number of hydrogen-bond donors (Lipinski definition) is 2. The van der Waals surface area contributed by atoms with Gasteiger partial charge in [-0.15, -0.1) is 0 Å². The van der Waals surface area contributed by atoms with Gasteiger partial charge in [0.05, 0.1) is 6.04 Å². The number of piperidine rings is 1. The van der Waals surface area contributed by atoms with E-state index in [0.29, 0.717) is 12.5 Å². The molecule has 1 aliphatic rings. The maximum atomic E-state index is 11.7. The molecule has 1 aromatic carbocycles. The normalized spacial score (nSPS) is 24.5. The first-order chi connectivity index (χ1) is 8.16. The topological polar surface area (TPSA) is 41.1 Å². The Morgan fingerprint density at radius 2 is 2.12 bits per heavy atom. The van der Waals surface area contributed by atoms with E-state index in [9.17, 15) is 4.79 Å². The van der Waals surface area contributed by atoms with Gasteiger partial charge in [0.2, 0.25) is 5.91 Å². The number of hydrogen-bond acceptors (Lipinski definition) is 2. The van der Waals surface area contributed by atoms with Crippen LogP contribution in [-0.2, 0) is 11.3 Å². The predicted molar refractivity (Wildman–Crippen MR) is 68.9 cm³/mol. The van der Waals surface area contributed by atoms with Gasteiger partial charge in [-0.05, 0) is 30.0 Å². The van der Waals surface area contributed by atoms with Crippen molar-refractivity contribution >= 4 is 17.5 Å². The maximum absolute atomic E-state index is 11.7. The van der Waals surface area contributed by atoms with Gasteiger partial charge in [0, 0.05) is 18.1 Å². The van der Waals surface area contributed by atoms with Crippen LogP contribution >= 0.6 is 11.6 Å². The lowest BCUT2D eigenvalue weighted by molar-refractivity contribution is -0.126. The molecule has 0 aromatic heterocycles. The smallest absolute Gasteiger partial charge is 0.237 e. The Balaban J connectivity index is 1.92. The molecule has 2 N–H and O–H groups in total. The Morgan fingerprint density at radius 1 is 1.41 bits per heavy atom. The summed E-state index contributed by atoms with van der Waals surface area (Å²) in [7, 11) is 0. The maximum Gasteiger partial charge on any atom is 0.237 e. The third-order valence-corrected chi connectivity index (χ3v) is 3.44. The molecule has 1 heterocycles. The molecule has 2 rings (SSSR count). The van der Waals surface area contributed by atoms with Crippen LogP contribution in [0.2, 0.25) is 5.02 Å². The van der Waals surface area contributed by atoms with E-state index in [0.717, 1.165) is 23.6 Å². The van der Waals surface area contributed by atoms with Crippen LogP contribution in [0.5, 0.6) is 0 Å². The van der Waals surface area contributed by atoms with Crippen molar-refractivity contribution in [1.82, 2.24) is 10.6 Å². The van der Waals surface area contributed by atoms with Gasteiger partial charge >= 0.3 is 0 Å². The molecule has 1 saturated heterocycles. The molecule has 0 bridgehead atoms. The molecule has 2 atom stereocenters. The van der Waals surface area contributed by atoms with Crippen molar-refractivity contribution in [1.29, 1.82) is 0 Å². The van der Waals surface area contributed by atoms with Gasteiger partial charge in [0.1, 0.15) is 0 Å². The van der Waals surface area contributed by atoms with E-state index in [4.69, 9.17) is 11.6 Å². The summed E-state index contributed by atoms with van der Waals surface area (Å²) in [6, 6.07) is 7.59. The minimum absolute atomic E-state index is 0.0839. The van der Waals surface area contributed by atoms with Crippen LogP contribution in [0.25, 0.3) is 0 Å². The van der Waals surface area contributed by atoms with Crippen LogP contribution in [0.15, 0.2) is 24.3 Å². The zero-order valence-electron chi connectivity index (χ0n) is 9.87. The molecule has 1 aromatic rings. The number of rotatable bonds is 3. The Morgan fingerprint density at radius 3 is 2.76 bits per heavy atom. The Hall–Kier alpha value is -1.06. The van der Waals surface area contributed by atoms with Crippen LogP contribution in [0.4, 0.5) is 0 Å². The van der Waals surface area contributed by atoms with E-state index in [1.54, 1.807) is 0 Å². The van der Waals surface area contributed by atoms with Crippen molar-refractivity contribution in [2.24, 2.45) is 5.92 Å². The van der Waals surface area contributed by atoms with Crippen molar-refractivity contribution in [2.75, 3.05) is 6.54 Å². The van der Waals surface area contributed by atoms with Crippen LogP contribution in [-0.4, -0.2) is 18.5 Å². The molecule has 0 aliphatic carbocycles. The fourth-order valence-electron chi connectivity index (χ4n) is 2.08.